The van der Waals surface area contributed by atoms with E-state index in [1.807, 2.05) is 0 Å². The molecule has 0 aliphatic carbocycles. The predicted molar refractivity (Wildman–Crippen MR) is 66.7 cm³/mol. The van der Waals surface area contributed by atoms with Crippen LogP contribution in [0, 0.1) is 0 Å². The molecule has 1 fully saturated rings. The van der Waals surface area contributed by atoms with Crippen molar-refractivity contribution in [3.05, 3.63) is 0 Å². The Morgan fingerprint density at radius 3 is 2.07 bits per heavy atom. The number of likely N-dealkylation sites (N-methyl/N-ethyl adjacent to an activating group) is 1. The minimum absolute atomic E-state index is 0.941. The van der Waals surface area contributed by atoms with E-state index < -0.39 is 0 Å². The quantitative estimate of drug-likeness (QED) is 0.346. The predicted octanol–water partition coefficient (Wildman–Crippen LogP) is 2.10. The normalized spacial score (nSPS) is 30.6. The molecule has 0 bridgehead atoms. The Morgan fingerprint density at radius 2 is 1.60 bits per heavy atom. The summed E-state index contributed by atoms with van der Waals surface area (Å²) in [5.41, 5.74) is 0. The molecule has 1 aliphatic heterocycles. The summed E-state index contributed by atoms with van der Waals surface area (Å²) in [4.78, 5) is 0. The maximum Gasteiger partial charge on any atom is 0.136 e. The van der Waals surface area contributed by atoms with Gasteiger partial charge in [0, 0.05) is 0 Å². The molecule has 0 saturated carbocycles. The lowest BCUT2D eigenvalue weighted by Gasteiger charge is -2.23. The molecule has 1 aliphatic rings. The van der Waals surface area contributed by atoms with Gasteiger partial charge >= 0.3 is 0 Å². The molecule has 15 heavy (non-hydrogen) atoms. The lowest BCUT2D eigenvalue weighted by molar-refractivity contribution is -0.870. The fourth-order valence-corrected chi connectivity index (χ4v) is 2.28. The number of hydrogen-bond donors (Lipinski definition) is 0. The van der Waals surface area contributed by atoms with Gasteiger partial charge in [-0.1, -0.05) is 0 Å². The first-order chi connectivity index (χ1) is 6.83. The van der Waals surface area contributed by atoms with Gasteiger partial charge in [-0.3, -0.25) is 0 Å². The summed E-state index contributed by atoms with van der Waals surface area (Å²) in [5, 5.41) is 0. The molecular formula is C13H30N2+2. The van der Waals surface area contributed by atoms with Crippen molar-refractivity contribution in [3.63, 3.8) is 0 Å². The standard InChI is InChI=1S/C13H30N2/c1-13-12-15(13,5)11-9-7-6-8-10-14(2,3)4/h13H,6-12H2,1-5H3/q+2. The van der Waals surface area contributed by atoms with Crippen LogP contribution in [0.15, 0.2) is 0 Å². The Labute approximate surface area is 96.1 Å². The van der Waals surface area contributed by atoms with Gasteiger partial charge in [0.05, 0.1) is 41.3 Å². The van der Waals surface area contributed by atoms with Crippen molar-refractivity contribution in [2.45, 2.75) is 38.6 Å². The number of rotatable bonds is 7. The van der Waals surface area contributed by atoms with E-state index in [0.29, 0.717) is 0 Å². The van der Waals surface area contributed by atoms with Crippen LogP contribution in [0.4, 0.5) is 0 Å². The van der Waals surface area contributed by atoms with E-state index in [4.69, 9.17) is 0 Å². The first kappa shape index (κ1) is 13.0. The van der Waals surface area contributed by atoms with E-state index in [1.165, 1.54) is 49.8 Å². The van der Waals surface area contributed by atoms with Gasteiger partial charge in [0.25, 0.3) is 0 Å². The monoisotopic (exact) mass is 214 g/mol. The molecule has 1 saturated heterocycles. The van der Waals surface area contributed by atoms with Gasteiger partial charge in [0.1, 0.15) is 12.6 Å². The fraction of sp³-hybridized carbons (Fsp3) is 1.00. The molecule has 2 unspecified atom stereocenters. The van der Waals surface area contributed by atoms with E-state index >= 15 is 0 Å². The van der Waals surface area contributed by atoms with Crippen LogP contribution in [0.5, 0.6) is 0 Å². The van der Waals surface area contributed by atoms with Gasteiger partial charge in [0.15, 0.2) is 0 Å². The Hall–Kier alpha value is -0.0800. The zero-order valence-electron chi connectivity index (χ0n) is 11.4. The Balaban J connectivity index is 1.90. The van der Waals surface area contributed by atoms with Crippen molar-refractivity contribution in [1.29, 1.82) is 0 Å². The number of hydrogen-bond acceptors (Lipinski definition) is 0. The first-order valence-corrected chi connectivity index (χ1v) is 6.48. The molecule has 0 radical (unpaired) electrons. The Morgan fingerprint density at radius 1 is 1.07 bits per heavy atom. The van der Waals surface area contributed by atoms with Crippen LogP contribution in [-0.4, -0.2) is 62.8 Å². The highest BCUT2D eigenvalue weighted by molar-refractivity contribution is 4.66. The van der Waals surface area contributed by atoms with E-state index in [9.17, 15) is 0 Å². The van der Waals surface area contributed by atoms with Crippen molar-refractivity contribution >= 4 is 0 Å². The van der Waals surface area contributed by atoms with Gasteiger partial charge in [-0.15, -0.1) is 0 Å². The highest BCUT2D eigenvalue weighted by Crippen LogP contribution is 2.27. The first-order valence-electron chi connectivity index (χ1n) is 6.48. The average molecular weight is 214 g/mol. The summed E-state index contributed by atoms with van der Waals surface area (Å²) in [6.07, 6.45) is 5.67. The molecule has 0 aromatic heterocycles. The molecule has 2 atom stereocenters. The summed E-state index contributed by atoms with van der Waals surface area (Å²) < 4.78 is 2.46. The van der Waals surface area contributed by atoms with Crippen molar-refractivity contribution < 1.29 is 8.97 Å². The molecule has 0 aromatic rings. The molecule has 2 nitrogen and oxygen atoms in total. The van der Waals surface area contributed by atoms with Crippen molar-refractivity contribution in [3.8, 4) is 0 Å². The summed E-state index contributed by atoms with van der Waals surface area (Å²) in [6, 6.07) is 0.941. The molecule has 0 N–H and O–H groups in total. The van der Waals surface area contributed by atoms with Crippen LogP contribution >= 0.6 is 0 Å². The summed E-state index contributed by atoms with van der Waals surface area (Å²) in [7, 11) is 9.24. The third-order valence-electron chi connectivity index (χ3n) is 3.86. The maximum atomic E-state index is 2.40. The zero-order valence-corrected chi connectivity index (χ0v) is 11.4. The van der Waals surface area contributed by atoms with E-state index in [2.05, 4.69) is 35.1 Å². The van der Waals surface area contributed by atoms with Crippen LogP contribution in [0.25, 0.3) is 0 Å². The van der Waals surface area contributed by atoms with Crippen LogP contribution in [0.3, 0.4) is 0 Å². The van der Waals surface area contributed by atoms with Gasteiger partial charge in [-0.2, -0.15) is 0 Å². The molecule has 0 aromatic carbocycles. The Bertz CT molecular complexity index is 195. The highest BCUT2D eigenvalue weighted by atomic mass is 15.5. The average Bonchev–Trinajstić information content (AvgIpc) is 2.66. The third-order valence-corrected chi connectivity index (χ3v) is 3.86. The second-order valence-corrected chi connectivity index (χ2v) is 6.66. The molecule has 2 heteroatoms. The van der Waals surface area contributed by atoms with E-state index in [-0.39, 0.29) is 0 Å². The molecule has 1 heterocycles. The lowest BCUT2D eigenvalue weighted by atomic mass is 10.2. The third kappa shape index (κ3) is 4.98. The summed E-state index contributed by atoms with van der Waals surface area (Å²) in [5.74, 6) is 0. The minimum Gasteiger partial charge on any atom is -0.331 e. The topological polar surface area (TPSA) is 0 Å². The van der Waals surface area contributed by atoms with Gasteiger partial charge in [-0.25, -0.2) is 0 Å². The van der Waals surface area contributed by atoms with Crippen molar-refractivity contribution in [1.82, 2.24) is 0 Å². The second kappa shape index (κ2) is 4.84. The summed E-state index contributed by atoms with van der Waals surface area (Å²) in [6.45, 7) is 6.52. The van der Waals surface area contributed by atoms with Gasteiger partial charge in [-0.05, 0) is 32.6 Å². The van der Waals surface area contributed by atoms with Crippen LogP contribution in [0.1, 0.15) is 32.6 Å². The number of nitrogens with zero attached hydrogens (tertiary/aromatic N) is 2. The Kier molecular flexibility index (Phi) is 4.19. The smallest absolute Gasteiger partial charge is 0.136 e. The molecule has 1 rings (SSSR count). The second-order valence-electron chi connectivity index (χ2n) is 6.66. The molecule has 0 amide bonds. The van der Waals surface area contributed by atoms with E-state index in [1.54, 1.807) is 0 Å². The van der Waals surface area contributed by atoms with Gasteiger partial charge < -0.3 is 8.97 Å². The summed E-state index contributed by atoms with van der Waals surface area (Å²) >= 11 is 0. The van der Waals surface area contributed by atoms with E-state index in [0.717, 1.165) is 10.5 Å². The number of quaternary nitrogens is 2. The van der Waals surface area contributed by atoms with Crippen molar-refractivity contribution in [2.24, 2.45) is 0 Å². The SMILES string of the molecule is CC1C[N+]1(C)CCCCCC[N+](C)(C)C. The fourth-order valence-electron chi connectivity index (χ4n) is 2.28. The molecule has 90 valence electrons. The molecular weight excluding hydrogens is 184 g/mol. The van der Waals surface area contributed by atoms with Crippen molar-refractivity contribution in [2.75, 3.05) is 47.8 Å². The number of unbranched alkanes of at least 4 members (excludes halogenated alkanes) is 3. The zero-order chi connectivity index (χ0) is 11.5. The van der Waals surface area contributed by atoms with Crippen LogP contribution in [0.2, 0.25) is 0 Å². The molecule has 0 spiro atoms. The highest BCUT2D eigenvalue weighted by Gasteiger charge is 2.46. The van der Waals surface area contributed by atoms with Crippen LogP contribution in [-0.2, 0) is 0 Å². The minimum atomic E-state index is 0.941. The largest absolute Gasteiger partial charge is 0.331 e. The van der Waals surface area contributed by atoms with Gasteiger partial charge in [0.2, 0.25) is 0 Å². The lowest BCUT2D eigenvalue weighted by Crippen LogP contribution is -2.35. The maximum absolute atomic E-state index is 2.40. The van der Waals surface area contributed by atoms with Crippen LogP contribution < -0.4 is 0 Å².